The highest BCUT2D eigenvalue weighted by Crippen LogP contribution is 2.41. The highest BCUT2D eigenvalue weighted by molar-refractivity contribution is 6.12. The Kier molecular flexibility index (Phi) is 2.53. The van der Waals surface area contributed by atoms with Crippen LogP contribution in [0.3, 0.4) is 0 Å². The van der Waals surface area contributed by atoms with E-state index in [0.29, 0.717) is 0 Å². The second kappa shape index (κ2) is 4.59. The van der Waals surface area contributed by atoms with Gasteiger partial charge in [0.25, 0.3) is 0 Å². The normalized spacial score (nSPS) is 23.8. The summed E-state index contributed by atoms with van der Waals surface area (Å²) in [6.07, 6.45) is 0.883. The number of carbonyl (C=O) groups is 1. The molecule has 2 aromatic carbocycles. The van der Waals surface area contributed by atoms with E-state index < -0.39 is 0 Å². The van der Waals surface area contributed by atoms with E-state index in [1.54, 1.807) is 0 Å². The molecule has 3 aliphatic rings. The summed E-state index contributed by atoms with van der Waals surface area (Å²) in [6, 6.07) is 13.6. The van der Waals surface area contributed by atoms with E-state index in [1.807, 2.05) is 36.4 Å². The fraction of sp³-hybridized carbons (Fsp3) is 0.222. The van der Waals surface area contributed by atoms with E-state index in [0.717, 1.165) is 34.8 Å². The molecular weight excluding hydrogens is 292 g/mol. The standard InChI is InChI=1S/C18H14N2O3/c21-18-19-16(11-5-6-14-15(8-11)23-9-22-14)13-7-10-3-1-2-4-12(10)17(13)20-18/h1-6,8,13,16H,7,9H2,(H,19,21). The van der Waals surface area contributed by atoms with Crippen molar-refractivity contribution in [3.05, 3.63) is 59.2 Å². The predicted octanol–water partition coefficient (Wildman–Crippen LogP) is 2.84. The van der Waals surface area contributed by atoms with Crippen molar-refractivity contribution in [2.75, 3.05) is 6.79 Å². The Bertz CT molecular complexity index is 859. The predicted molar refractivity (Wildman–Crippen MR) is 84.0 cm³/mol. The maximum Gasteiger partial charge on any atom is 0.341 e. The van der Waals surface area contributed by atoms with Crippen molar-refractivity contribution in [1.29, 1.82) is 0 Å². The number of hydrogen-bond donors (Lipinski definition) is 1. The van der Waals surface area contributed by atoms with E-state index in [-0.39, 0.29) is 24.8 Å². The van der Waals surface area contributed by atoms with Crippen molar-refractivity contribution >= 4 is 11.7 Å². The van der Waals surface area contributed by atoms with Crippen molar-refractivity contribution < 1.29 is 14.3 Å². The maximum absolute atomic E-state index is 12.1. The Labute approximate surface area is 132 Å². The van der Waals surface area contributed by atoms with Crippen LogP contribution in [0.1, 0.15) is 22.7 Å². The number of urea groups is 1. The lowest BCUT2D eigenvalue weighted by Crippen LogP contribution is -2.39. The molecule has 2 heterocycles. The summed E-state index contributed by atoms with van der Waals surface area (Å²) in [6.45, 7) is 0.247. The third-order valence-corrected chi connectivity index (χ3v) is 4.74. The van der Waals surface area contributed by atoms with Gasteiger partial charge in [0.2, 0.25) is 6.79 Å². The van der Waals surface area contributed by atoms with Crippen molar-refractivity contribution in [3.8, 4) is 11.5 Å². The average molecular weight is 306 g/mol. The summed E-state index contributed by atoms with van der Waals surface area (Å²) >= 11 is 0. The maximum atomic E-state index is 12.1. The van der Waals surface area contributed by atoms with Crippen LogP contribution in [0.15, 0.2) is 47.5 Å². The average Bonchev–Trinajstić information content (AvgIpc) is 3.17. The minimum atomic E-state index is -0.282. The minimum absolute atomic E-state index is 0.100. The number of benzene rings is 2. The number of nitrogens with zero attached hydrogens (tertiary/aromatic N) is 1. The molecule has 0 saturated heterocycles. The van der Waals surface area contributed by atoms with Gasteiger partial charge in [-0.3, -0.25) is 0 Å². The van der Waals surface area contributed by atoms with Gasteiger partial charge in [-0.05, 0) is 35.2 Å². The van der Waals surface area contributed by atoms with E-state index in [4.69, 9.17) is 9.47 Å². The lowest BCUT2D eigenvalue weighted by Gasteiger charge is -2.28. The zero-order valence-electron chi connectivity index (χ0n) is 12.3. The third kappa shape index (κ3) is 1.86. The Hall–Kier alpha value is -2.82. The molecule has 2 amide bonds. The highest BCUT2D eigenvalue weighted by atomic mass is 16.7. The molecule has 1 N–H and O–H groups in total. The number of amides is 2. The molecule has 0 saturated carbocycles. The van der Waals surface area contributed by atoms with Gasteiger partial charge in [0.1, 0.15) is 0 Å². The molecular formula is C18H14N2O3. The van der Waals surface area contributed by atoms with Crippen molar-refractivity contribution in [1.82, 2.24) is 5.32 Å². The van der Waals surface area contributed by atoms with Gasteiger partial charge in [-0.2, -0.15) is 4.99 Å². The van der Waals surface area contributed by atoms with Crippen molar-refractivity contribution in [2.45, 2.75) is 12.5 Å². The molecule has 2 aromatic rings. The summed E-state index contributed by atoms with van der Waals surface area (Å²) in [5.74, 6) is 1.64. The summed E-state index contributed by atoms with van der Waals surface area (Å²) in [5.41, 5.74) is 4.26. The molecule has 1 aliphatic carbocycles. The Morgan fingerprint density at radius 3 is 2.91 bits per heavy atom. The number of ether oxygens (including phenoxy) is 2. The molecule has 5 nitrogen and oxygen atoms in total. The van der Waals surface area contributed by atoms with Crippen LogP contribution in [-0.2, 0) is 6.42 Å². The van der Waals surface area contributed by atoms with Crippen LogP contribution in [-0.4, -0.2) is 18.5 Å². The van der Waals surface area contributed by atoms with Crippen LogP contribution >= 0.6 is 0 Å². The van der Waals surface area contributed by atoms with E-state index >= 15 is 0 Å². The summed E-state index contributed by atoms with van der Waals surface area (Å²) < 4.78 is 10.8. The van der Waals surface area contributed by atoms with E-state index in [2.05, 4.69) is 16.4 Å². The Balaban J connectivity index is 1.58. The first-order valence-electron chi connectivity index (χ1n) is 7.66. The van der Waals surface area contributed by atoms with Crippen LogP contribution in [0.4, 0.5) is 4.79 Å². The minimum Gasteiger partial charge on any atom is -0.454 e. The van der Waals surface area contributed by atoms with Crippen LogP contribution in [0.5, 0.6) is 11.5 Å². The molecule has 0 spiro atoms. The van der Waals surface area contributed by atoms with Gasteiger partial charge < -0.3 is 14.8 Å². The molecule has 0 bridgehead atoms. The van der Waals surface area contributed by atoms with Crippen LogP contribution in [0.25, 0.3) is 0 Å². The van der Waals surface area contributed by atoms with Crippen LogP contribution in [0, 0.1) is 5.92 Å². The number of nitrogens with one attached hydrogen (secondary N) is 1. The van der Waals surface area contributed by atoms with Gasteiger partial charge in [0.15, 0.2) is 11.5 Å². The summed E-state index contributed by atoms with van der Waals surface area (Å²) in [4.78, 5) is 16.3. The van der Waals surface area contributed by atoms with E-state index in [9.17, 15) is 4.79 Å². The largest absolute Gasteiger partial charge is 0.454 e. The Morgan fingerprint density at radius 1 is 1.09 bits per heavy atom. The molecule has 0 aromatic heterocycles. The zero-order valence-corrected chi connectivity index (χ0v) is 12.3. The van der Waals surface area contributed by atoms with Crippen LogP contribution in [0.2, 0.25) is 0 Å². The lowest BCUT2D eigenvalue weighted by atomic mass is 9.88. The molecule has 23 heavy (non-hydrogen) atoms. The Morgan fingerprint density at radius 2 is 1.96 bits per heavy atom. The fourth-order valence-corrected chi connectivity index (χ4v) is 3.70. The van der Waals surface area contributed by atoms with Gasteiger partial charge in [-0.15, -0.1) is 0 Å². The third-order valence-electron chi connectivity index (χ3n) is 4.74. The van der Waals surface area contributed by atoms with Gasteiger partial charge in [0, 0.05) is 5.92 Å². The lowest BCUT2D eigenvalue weighted by molar-refractivity contribution is 0.174. The fourth-order valence-electron chi connectivity index (χ4n) is 3.70. The first-order valence-corrected chi connectivity index (χ1v) is 7.66. The second-order valence-corrected chi connectivity index (χ2v) is 6.00. The zero-order chi connectivity index (χ0) is 15.4. The number of fused-ring (bicyclic) bond motifs is 4. The number of hydrogen-bond acceptors (Lipinski definition) is 3. The SMILES string of the molecule is O=C1N=C2c3ccccc3CC2C(c2ccc3c(c2)OCO3)N1. The molecule has 0 fully saturated rings. The summed E-state index contributed by atoms with van der Waals surface area (Å²) in [5, 5.41) is 3.01. The van der Waals surface area contributed by atoms with Gasteiger partial charge in [-0.1, -0.05) is 30.3 Å². The number of rotatable bonds is 1. The number of carbonyl (C=O) groups excluding carboxylic acids is 1. The van der Waals surface area contributed by atoms with Gasteiger partial charge in [-0.25, -0.2) is 4.79 Å². The monoisotopic (exact) mass is 306 g/mol. The highest BCUT2D eigenvalue weighted by Gasteiger charge is 2.39. The first-order chi connectivity index (χ1) is 11.3. The van der Waals surface area contributed by atoms with Crippen molar-refractivity contribution in [3.63, 3.8) is 0 Å². The smallest absolute Gasteiger partial charge is 0.341 e. The molecule has 2 unspecified atom stereocenters. The van der Waals surface area contributed by atoms with E-state index in [1.165, 1.54) is 5.56 Å². The number of aliphatic imine (C=N–C) groups is 1. The molecule has 5 heteroatoms. The summed E-state index contributed by atoms with van der Waals surface area (Å²) in [7, 11) is 0. The molecule has 2 aliphatic heterocycles. The van der Waals surface area contributed by atoms with Crippen molar-refractivity contribution in [2.24, 2.45) is 10.9 Å². The second-order valence-electron chi connectivity index (χ2n) is 6.00. The molecule has 114 valence electrons. The van der Waals surface area contributed by atoms with Gasteiger partial charge in [0.05, 0.1) is 11.8 Å². The topological polar surface area (TPSA) is 59.9 Å². The molecule has 2 atom stereocenters. The molecule has 0 radical (unpaired) electrons. The van der Waals surface area contributed by atoms with Crippen LogP contribution < -0.4 is 14.8 Å². The van der Waals surface area contributed by atoms with Gasteiger partial charge >= 0.3 is 6.03 Å². The molecule has 5 rings (SSSR count). The quantitative estimate of drug-likeness (QED) is 0.881. The first kappa shape index (κ1) is 12.7.